The highest BCUT2D eigenvalue weighted by Crippen LogP contribution is 2.28. The molecule has 0 bridgehead atoms. The van der Waals surface area contributed by atoms with E-state index in [0.29, 0.717) is 31.7 Å². The predicted molar refractivity (Wildman–Crippen MR) is 93.7 cm³/mol. The summed E-state index contributed by atoms with van der Waals surface area (Å²) < 4.78 is 1.66. The van der Waals surface area contributed by atoms with E-state index in [-0.39, 0.29) is 17.9 Å². The van der Waals surface area contributed by atoms with Gasteiger partial charge in [-0.2, -0.15) is 0 Å². The zero-order valence-corrected chi connectivity index (χ0v) is 13.9. The van der Waals surface area contributed by atoms with Gasteiger partial charge in [0.25, 0.3) is 0 Å². The molecule has 0 radical (unpaired) electrons. The summed E-state index contributed by atoms with van der Waals surface area (Å²) in [6.07, 6.45) is 2.88. The number of para-hydroxylation sites is 1. The Hall–Kier alpha value is -3.10. The number of benzene rings is 1. The van der Waals surface area contributed by atoms with Crippen molar-refractivity contribution in [2.24, 2.45) is 7.05 Å². The summed E-state index contributed by atoms with van der Waals surface area (Å²) in [5.41, 5.74) is 0.739. The van der Waals surface area contributed by atoms with Gasteiger partial charge < -0.3 is 25.6 Å². The number of aryl methyl sites for hydroxylation is 1. The molecular formula is C16H20N6O3. The van der Waals surface area contributed by atoms with Crippen LogP contribution in [-0.4, -0.2) is 39.6 Å². The molecule has 2 heterocycles. The van der Waals surface area contributed by atoms with Gasteiger partial charge in [0.15, 0.2) is 0 Å². The predicted octanol–water partition coefficient (Wildman–Crippen LogP) is 2.12. The van der Waals surface area contributed by atoms with E-state index >= 15 is 0 Å². The van der Waals surface area contributed by atoms with Crippen LogP contribution in [0.15, 0.2) is 36.7 Å². The normalized spacial score (nSPS) is 15.0. The Morgan fingerprint density at radius 2 is 1.96 bits per heavy atom. The van der Waals surface area contributed by atoms with Gasteiger partial charge in [-0.25, -0.2) is 4.79 Å². The summed E-state index contributed by atoms with van der Waals surface area (Å²) in [7, 11) is 1.74. The van der Waals surface area contributed by atoms with Crippen LogP contribution in [0.5, 0.6) is 0 Å². The molecule has 1 aromatic heterocycles. The number of anilines is 2. The van der Waals surface area contributed by atoms with Gasteiger partial charge in [-0.05, 0) is 34.9 Å². The molecule has 1 fully saturated rings. The van der Waals surface area contributed by atoms with Gasteiger partial charge in [0, 0.05) is 31.9 Å². The molecule has 25 heavy (non-hydrogen) atoms. The largest absolute Gasteiger partial charge is 0.406 e. The highest BCUT2D eigenvalue weighted by molar-refractivity contribution is 5.89. The number of imidazole rings is 1. The molecule has 3 rings (SSSR count). The van der Waals surface area contributed by atoms with Crippen molar-refractivity contribution in [1.29, 1.82) is 0 Å². The molecule has 1 aliphatic rings. The molecule has 2 amide bonds. The van der Waals surface area contributed by atoms with Crippen LogP contribution in [0.4, 0.5) is 22.1 Å². The van der Waals surface area contributed by atoms with Crippen molar-refractivity contribution in [3.63, 3.8) is 0 Å². The van der Waals surface area contributed by atoms with E-state index in [4.69, 9.17) is 0 Å². The fourth-order valence-electron chi connectivity index (χ4n) is 3.01. The molecule has 1 aromatic carbocycles. The smallest absolute Gasteiger partial charge is 0.358 e. The molecular weight excluding hydrogens is 324 g/mol. The molecule has 2 N–H and O–H groups in total. The van der Waals surface area contributed by atoms with Crippen molar-refractivity contribution >= 4 is 23.4 Å². The van der Waals surface area contributed by atoms with Crippen LogP contribution in [0.2, 0.25) is 0 Å². The lowest BCUT2D eigenvalue weighted by molar-refractivity contribution is -0.388. The molecule has 9 nitrogen and oxygen atoms in total. The van der Waals surface area contributed by atoms with E-state index < -0.39 is 4.92 Å². The van der Waals surface area contributed by atoms with Gasteiger partial charge in [0.2, 0.25) is 12.1 Å². The zero-order valence-electron chi connectivity index (χ0n) is 13.9. The van der Waals surface area contributed by atoms with Gasteiger partial charge in [0.05, 0.1) is 0 Å². The van der Waals surface area contributed by atoms with Crippen molar-refractivity contribution in [1.82, 2.24) is 14.9 Å². The third-order valence-corrected chi connectivity index (χ3v) is 4.22. The minimum Gasteiger partial charge on any atom is -0.358 e. The van der Waals surface area contributed by atoms with Crippen LogP contribution in [0.25, 0.3) is 0 Å². The molecule has 1 aliphatic heterocycles. The van der Waals surface area contributed by atoms with E-state index in [0.717, 1.165) is 5.69 Å². The molecule has 0 aliphatic carbocycles. The van der Waals surface area contributed by atoms with Gasteiger partial charge in [-0.15, -0.1) is 0 Å². The van der Waals surface area contributed by atoms with E-state index in [9.17, 15) is 14.9 Å². The van der Waals surface area contributed by atoms with Crippen molar-refractivity contribution in [3.05, 3.63) is 46.8 Å². The Labute approximate surface area is 144 Å². The second-order valence-electron chi connectivity index (χ2n) is 5.99. The number of nitro groups is 1. The molecule has 0 saturated carbocycles. The van der Waals surface area contributed by atoms with E-state index in [1.54, 1.807) is 11.6 Å². The molecule has 1 saturated heterocycles. The molecule has 132 valence electrons. The van der Waals surface area contributed by atoms with Crippen LogP contribution in [0.3, 0.4) is 0 Å². The van der Waals surface area contributed by atoms with Crippen molar-refractivity contribution < 1.29 is 9.72 Å². The number of carbonyl (C=O) groups excluding carboxylic acids is 1. The summed E-state index contributed by atoms with van der Waals surface area (Å²) in [6.45, 7) is 1.24. The first-order valence-electron chi connectivity index (χ1n) is 8.08. The van der Waals surface area contributed by atoms with Gasteiger partial charge >= 0.3 is 11.8 Å². The standard InChI is InChI=1S/C16H20N6O3/c1-20-11-17-14(22(24)25)15(20)21-9-7-13(8-10-21)19-16(23)18-12-5-3-2-4-6-12/h2-6,11,13H,7-10H2,1H3,(H2,18,19,23). The molecule has 2 aromatic rings. The number of carbonyl (C=O) groups is 1. The molecule has 0 atom stereocenters. The number of urea groups is 1. The van der Waals surface area contributed by atoms with Gasteiger partial charge in [0.1, 0.15) is 0 Å². The number of piperidine rings is 1. The number of aromatic nitrogens is 2. The molecule has 0 spiro atoms. The lowest BCUT2D eigenvalue weighted by Gasteiger charge is -2.33. The fraction of sp³-hybridized carbons (Fsp3) is 0.375. The first-order valence-corrected chi connectivity index (χ1v) is 8.08. The monoisotopic (exact) mass is 344 g/mol. The van der Waals surface area contributed by atoms with Crippen LogP contribution >= 0.6 is 0 Å². The van der Waals surface area contributed by atoms with Crippen molar-refractivity contribution in [3.8, 4) is 0 Å². The average Bonchev–Trinajstić information content (AvgIpc) is 2.98. The summed E-state index contributed by atoms with van der Waals surface area (Å²) in [4.78, 5) is 28.5. The van der Waals surface area contributed by atoms with E-state index in [1.165, 1.54) is 6.33 Å². The number of hydrogen-bond acceptors (Lipinski definition) is 5. The Bertz CT molecular complexity index is 752. The third-order valence-electron chi connectivity index (χ3n) is 4.22. The maximum Gasteiger partial charge on any atom is 0.406 e. The van der Waals surface area contributed by atoms with Gasteiger partial charge in [-0.3, -0.25) is 4.57 Å². The Morgan fingerprint density at radius 1 is 1.28 bits per heavy atom. The van der Waals surface area contributed by atoms with Gasteiger partial charge in [-0.1, -0.05) is 18.2 Å². The first kappa shape index (κ1) is 16.7. The lowest BCUT2D eigenvalue weighted by atomic mass is 10.1. The minimum absolute atomic E-state index is 0.0345. The topological polar surface area (TPSA) is 105 Å². The first-order chi connectivity index (χ1) is 12.0. The number of nitrogens with zero attached hydrogens (tertiary/aromatic N) is 4. The Balaban J connectivity index is 1.55. The quantitative estimate of drug-likeness (QED) is 0.653. The number of hydrogen-bond donors (Lipinski definition) is 2. The third kappa shape index (κ3) is 3.87. The Morgan fingerprint density at radius 3 is 2.60 bits per heavy atom. The summed E-state index contributed by atoms with van der Waals surface area (Å²) in [5.74, 6) is 0.382. The fourth-order valence-corrected chi connectivity index (χ4v) is 3.01. The summed E-state index contributed by atoms with van der Waals surface area (Å²) in [6, 6.07) is 9.04. The SMILES string of the molecule is Cn1cnc([N+](=O)[O-])c1N1CCC(NC(=O)Nc2ccccc2)CC1. The van der Waals surface area contributed by atoms with Crippen LogP contribution < -0.4 is 15.5 Å². The van der Waals surface area contributed by atoms with Crippen LogP contribution in [0.1, 0.15) is 12.8 Å². The second-order valence-corrected chi connectivity index (χ2v) is 5.99. The van der Waals surface area contributed by atoms with E-state index in [1.807, 2.05) is 35.2 Å². The highest BCUT2D eigenvalue weighted by Gasteiger charge is 2.29. The number of rotatable bonds is 4. The summed E-state index contributed by atoms with van der Waals surface area (Å²) >= 11 is 0. The molecule has 0 unspecified atom stereocenters. The van der Waals surface area contributed by atoms with Crippen LogP contribution in [-0.2, 0) is 7.05 Å². The number of amides is 2. The van der Waals surface area contributed by atoms with Crippen LogP contribution in [0, 0.1) is 10.1 Å². The van der Waals surface area contributed by atoms with Crippen molar-refractivity contribution in [2.75, 3.05) is 23.3 Å². The highest BCUT2D eigenvalue weighted by atomic mass is 16.6. The summed E-state index contributed by atoms with van der Waals surface area (Å²) in [5, 5.41) is 16.8. The maximum absolute atomic E-state index is 12.0. The zero-order chi connectivity index (χ0) is 17.8. The van der Waals surface area contributed by atoms with Crippen molar-refractivity contribution in [2.45, 2.75) is 18.9 Å². The number of nitrogens with one attached hydrogen (secondary N) is 2. The van der Waals surface area contributed by atoms with E-state index in [2.05, 4.69) is 15.6 Å². The average molecular weight is 344 g/mol. The maximum atomic E-state index is 12.0. The minimum atomic E-state index is -0.465. The molecule has 9 heteroatoms. The lowest BCUT2D eigenvalue weighted by Crippen LogP contribution is -2.46. The Kier molecular flexibility index (Phi) is 4.82. The second kappa shape index (κ2) is 7.20.